The second-order valence-corrected chi connectivity index (χ2v) is 5.21. The minimum absolute atomic E-state index is 0.0289. The SMILES string of the molecule is O=S1(=O)CCC(n2c[c]cn2)C1. The molecule has 1 unspecified atom stereocenters. The Hall–Kier alpha value is -0.840. The molecule has 1 atom stereocenters. The second-order valence-electron chi connectivity index (χ2n) is 2.98. The average molecular weight is 185 g/mol. The molecule has 1 fully saturated rings. The lowest BCUT2D eigenvalue weighted by Crippen LogP contribution is -2.11. The third-order valence-corrected chi connectivity index (χ3v) is 3.81. The molecule has 65 valence electrons. The third kappa shape index (κ3) is 1.36. The molecule has 0 saturated carbocycles. The van der Waals surface area contributed by atoms with Crippen LogP contribution < -0.4 is 0 Å². The van der Waals surface area contributed by atoms with Gasteiger partial charge >= 0.3 is 0 Å². The van der Waals surface area contributed by atoms with E-state index in [0.717, 1.165) is 0 Å². The molecule has 5 heteroatoms. The highest BCUT2D eigenvalue weighted by Gasteiger charge is 2.29. The van der Waals surface area contributed by atoms with E-state index in [4.69, 9.17) is 0 Å². The Bertz CT molecular complexity index is 355. The summed E-state index contributed by atoms with van der Waals surface area (Å²) in [5.74, 6) is 0.514. The molecule has 2 rings (SSSR count). The van der Waals surface area contributed by atoms with Crippen LogP contribution >= 0.6 is 0 Å². The monoisotopic (exact) mass is 185 g/mol. The molecule has 2 heterocycles. The Morgan fingerprint density at radius 1 is 1.58 bits per heavy atom. The molecule has 0 bridgehead atoms. The second kappa shape index (κ2) is 2.58. The molecule has 1 aromatic heterocycles. The number of rotatable bonds is 1. The van der Waals surface area contributed by atoms with Crippen LogP contribution in [-0.4, -0.2) is 29.7 Å². The van der Waals surface area contributed by atoms with Crippen LogP contribution in [0, 0.1) is 6.07 Å². The van der Waals surface area contributed by atoms with Crippen molar-refractivity contribution in [1.82, 2.24) is 9.78 Å². The molecule has 1 aliphatic rings. The van der Waals surface area contributed by atoms with Crippen LogP contribution in [0.5, 0.6) is 0 Å². The molecule has 0 aromatic carbocycles. The molecule has 0 aliphatic carbocycles. The van der Waals surface area contributed by atoms with E-state index in [2.05, 4.69) is 11.2 Å². The van der Waals surface area contributed by atoms with Crippen LogP contribution in [0.25, 0.3) is 0 Å². The first-order valence-electron chi connectivity index (χ1n) is 3.78. The van der Waals surface area contributed by atoms with Crippen LogP contribution in [0.1, 0.15) is 12.5 Å². The summed E-state index contributed by atoms with van der Waals surface area (Å²) < 4.78 is 23.8. The Morgan fingerprint density at radius 3 is 2.92 bits per heavy atom. The number of nitrogens with zero attached hydrogens (tertiary/aromatic N) is 2. The molecular formula is C7H9N2O2S. The number of aromatic nitrogens is 2. The highest BCUT2D eigenvalue weighted by molar-refractivity contribution is 7.91. The van der Waals surface area contributed by atoms with Gasteiger partial charge in [-0.3, -0.25) is 4.68 Å². The minimum atomic E-state index is -2.80. The summed E-state index contributed by atoms with van der Waals surface area (Å²) in [5, 5.41) is 3.96. The van der Waals surface area contributed by atoms with Gasteiger partial charge in [-0.15, -0.1) is 0 Å². The van der Waals surface area contributed by atoms with Gasteiger partial charge in [0.25, 0.3) is 0 Å². The molecule has 0 N–H and O–H groups in total. The lowest BCUT2D eigenvalue weighted by Gasteiger charge is -2.06. The summed E-state index contributed by atoms with van der Waals surface area (Å²) in [7, 11) is -2.80. The van der Waals surface area contributed by atoms with Gasteiger partial charge in [0.2, 0.25) is 0 Å². The van der Waals surface area contributed by atoms with Crippen molar-refractivity contribution in [3.63, 3.8) is 0 Å². The van der Waals surface area contributed by atoms with Gasteiger partial charge in [-0.25, -0.2) is 8.42 Å². The predicted octanol–water partition coefficient (Wildman–Crippen LogP) is 0.0429. The van der Waals surface area contributed by atoms with Crippen molar-refractivity contribution in [2.45, 2.75) is 12.5 Å². The number of hydrogen-bond acceptors (Lipinski definition) is 3. The third-order valence-electron chi connectivity index (χ3n) is 2.05. The van der Waals surface area contributed by atoms with Crippen molar-refractivity contribution < 1.29 is 8.42 Å². The van der Waals surface area contributed by atoms with E-state index in [0.29, 0.717) is 6.42 Å². The highest BCUT2D eigenvalue weighted by Crippen LogP contribution is 2.21. The lowest BCUT2D eigenvalue weighted by atomic mass is 10.3. The molecule has 4 nitrogen and oxygen atoms in total. The summed E-state index contributed by atoms with van der Waals surface area (Å²) in [6.45, 7) is 0. The molecule has 1 aromatic rings. The fraction of sp³-hybridized carbons (Fsp3) is 0.571. The Kier molecular flexibility index (Phi) is 1.68. The Balaban J connectivity index is 2.21. The molecule has 12 heavy (non-hydrogen) atoms. The van der Waals surface area contributed by atoms with Gasteiger partial charge in [-0.2, -0.15) is 5.10 Å². The molecule has 1 radical (unpaired) electrons. The average Bonchev–Trinajstić information content (AvgIpc) is 2.55. The van der Waals surface area contributed by atoms with Gasteiger partial charge in [0, 0.05) is 12.3 Å². The first-order valence-corrected chi connectivity index (χ1v) is 5.60. The fourth-order valence-corrected chi connectivity index (χ4v) is 3.13. The molecule has 0 amide bonds. The molecular weight excluding hydrogens is 176 g/mol. The molecule has 1 aliphatic heterocycles. The normalized spacial score (nSPS) is 27.5. The zero-order chi connectivity index (χ0) is 8.60. The number of sulfone groups is 1. The summed E-state index contributed by atoms with van der Waals surface area (Å²) in [4.78, 5) is 0. The van der Waals surface area contributed by atoms with Gasteiger partial charge in [-0.1, -0.05) is 0 Å². The first-order chi connectivity index (χ1) is 5.67. The highest BCUT2D eigenvalue weighted by atomic mass is 32.2. The quantitative estimate of drug-likeness (QED) is 0.621. The van der Waals surface area contributed by atoms with Crippen molar-refractivity contribution in [2.75, 3.05) is 11.5 Å². The van der Waals surface area contributed by atoms with E-state index >= 15 is 0 Å². The molecule has 0 spiro atoms. The first kappa shape index (κ1) is 7.79. The van der Waals surface area contributed by atoms with E-state index in [1.54, 1.807) is 17.1 Å². The van der Waals surface area contributed by atoms with E-state index in [-0.39, 0.29) is 17.5 Å². The van der Waals surface area contributed by atoms with E-state index in [1.807, 2.05) is 0 Å². The standard InChI is InChI=1S/C7H9N2O2S/c10-12(11)5-2-7(6-12)9-4-1-3-8-9/h3-4,7H,2,5-6H2. The van der Waals surface area contributed by atoms with Crippen LogP contribution in [-0.2, 0) is 9.84 Å². The topological polar surface area (TPSA) is 52.0 Å². The van der Waals surface area contributed by atoms with E-state index in [1.165, 1.54) is 0 Å². The van der Waals surface area contributed by atoms with Gasteiger partial charge in [-0.05, 0) is 6.42 Å². The Labute approximate surface area is 71.1 Å². The van der Waals surface area contributed by atoms with Crippen molar-refractivity contribution in [3.8, 4) is 0 Å². The zero-order valence-electron chi connectivity index (χ0n) is 6.47. The van der Waals surface area contributed by atoms with Gasteiger partial charge < -0.3 is 0 Å². The smallest absolute Gasteiger partial charge is 0.152 e. The van der Waals surface area contributed by atoms with Gasteiger partial charge in [0.05, 0.1) is 23.7 Å². The maximum Gasteiger partial charge on any atom is 0.152 e. The van der Waals surface area contributed by atoms with Crippen molar-refractivity contribution in [1.29, 1.82) is 0 Å². The van der Waals surface area contributed by atoms with Gasteiger partial charge in [0.1, 0.15) is 0 Å². The minimum Gasteiger partial charge on any atom is -0.268 e. The van der Waals surface area contributed by atoms with Crippen molar-refractivity contribution in [2.24, 2.45) is 0 Å². The van der Waals surface area contributed by atoms with Gasteiger partial charge in [0.15, 0.2) is 9.84 Å². The number of hydrogen-bond donors (Lipinski definition) is 0. The van der Waals surface area contributed by atoms with Crippen molar-refractivity contribution >= 4 is 9.84 Å². The van der Waals surface area contributed by atoms with Crippen LogP contribution in [0.4, 0.5) is 0 Å². The lowest BCUT2D eigenvalue weighted by molar-refractivity contribution is 0.499. The van der Waals surface area contributed by atoms with Crippen molar-refractivity contribution in [3.05, 3.63) is 18.5 Å². The summed E-state index contributed by atoms with van der Waals surface area (Å²) in [6, 6.07) is 2.82. The fourth-order valence-electron chi connectivity index (χ4n) is 1.43. The van der Waals surface area contributed by atoms with E-state index < -0.39 is 9.84 Å². The Morgan fingerprint density at radius 2 is 2.42 bits per heavy atom. The maximum atomic E-state index is 11.1. The van der Waals surface area contributed by atoms with Crippen LogP contribution in [0.2, 0.25) is 0 Å². The summed E-state index contributed by atoms with van der Waals surface area (Å²) in [5.41, 5.74) is 0. The predicted molar refractivity (Wildman–Crippen MR) is 43.4 cm³/mol. The van der Waals surface area contributed by atoms with Crippen LogP contribution in [0.15, 0.2) is 12.4 Å². The maximum absolute atomic E-state index is 11.1. The molecule has 1 saturated heterocycles. The summed E-state index contributed by atoms with van der Waals surface area (Å²) in [6.07, 6.45) is 3.91. The van der Waals surface area contributed by atoms with Crippen LogP contribution in [0.3, 0.4) is 0 Å². The summed E-state index contributed by atoms with van der Waals surface area (Å²) >= 11 is 0. The largest absolute Gasteiger partial charge is 0.268 e. The zero-order valence-corrected chi connectivity index (χ0v) is 7.29. The van der Waals surface area contributed by atoms with E-state index in [9.17, 15) is 8.42 Å².